The highest BCUT2D eigenvalue weighted by Gasteiger charge is 2.04. The Kier molecular flexibility index (Phi) is 22.9. The molecular formula is C8H14O10. The van der Waals surface area contributed by atoms with Crippen LogP contribution in [0, 0.1) is 0 Å². The molecule has 0 unspecified atom stereocenters. The molecule has 106 valence electrons. The SMILES string of the molecule is CC(=O)O.CC(=O)O.CC(=O)O.O=C(O)C(=O)O. The van der Waals surface area contributed by atoms with Crippen LogP contribution in [0.3, 0.4) is 0 Å². The monoisotopic (exact) mass is 270 g/mol. The first-order valence-corrected chi connectivity index (χ1v) is 3.89. The van der Waals surface area contributed by atoms with Gasteiger partial charge in [0.2, 0.25) is 0 Å². The Labute approximate surface area is 101 Å². The molecule has 0 aliphatic rings. The van der Waals surface area contributed by atoms with Gasteiger partial charge in [-0.1, -0.05) is 0 Å². The van der Waals surface area contributed by atoms with Gasteiger partial charge >= 0.3 is 11.9 Å². The van der Waals surface area contributed by atoms with Gasteiger partial charge in [0.1, 0.15) is 0 Å². The second kappa shape index (κ2) is 16.8. The van der Waals surface area contributed by atoms with E-state index < -0.39 is 29.8 Å². The van der Waals surface area contributed by atoms with E-state index in [1.807, 2.05) is 0 Å². The maximum atomic E-state index is 9.10. The van der Waals surface area contributed by atoms with Gasteiger partial charge in [0, 0.05) is 20.8 Å². The van der Waals surface area contributed by atoms with Gasteiger partial charge in [-0.25, -0.2) is 9.59 Å². The second-order valence-electron chi connectivity index (χ2n) is 2.17. The fourth-order valence-electron chi connectivity index (χ4n) is 0. The van der Waals surface area contributed by atoms with Crippen LogP contribution in [0.4, 0.5) is 0 Å². The van der Waals surface area contributed by atoms with E-state index in [2.05, 4.69) is 0 Å². The summed E-state index contributed by atoms with van der Waals surface area (Å²) in [6, 6.07) is 0. The minimum absolute atomic E-state index is 0.833. The molecule has 0 atom stereocenters. The van der Waals surface area contributed by atoms with Crippen molar-refractivity contribution >= 4 is 29.8 Å². The first kappa shape index (κ1) is 24.5. The Morgan fingerprint density at radius 3 is 0.556 bits per heavy atom. The fraction of sp³-hybridized carbons (Fsp3) is 0.375. The highest BCUT2D eigenvalue weighted by atomic mass is 16.4. The summed E-state index contributed by atoms with van der Waals surface area (Å²) >= 11 is 0. The lowest BCUT2D eigenvalue weighted by atomic mass is 10.7. The topological polar surface area (TPSA) is 186 Å². The molecule has 0 aromatic heterocycles. The molecule has 0 rings (SSSR count). The molecule has 5 N–H and O–H groups in total. The maximum Gasteiger partial charge on any atom is 0.414 e. The minimum Gasteiger partial charge on any atom is -0.481 e. The third-order valence-electron chi connectivity index (χ3n) is 0.183. The van der Waals surface area contributed by atoms with Crippen LogP contribution in [0.1, 0.15) is 20.8 Å². The van der Waals surface area contributed by atoms with Crippen molar-refractivity contribution in [3.8, 4) is 0 Å². The third-order valence-corrected chi connectivity index (χ3v) is 0.183. The average Bonchev–Trinajstić information content (AvgIpc) is 1.99. The van der Waals surface area contributed by atoms with Gasteiger partial charge < -0.3 is 25.5 Å². The highest BCUT2D eigenvalue weighted by Crippen LogP contribution is 1.56. The molecule has 0 saturated heterocycles. The summed E-state index contributed by atoms with van der Waals surface area (Å²) in [5, 5.41) is 37.0. The van der Waals surface area contributed by atoms with Gasteiger partial charge in [0.15, 0.2) is 0 Å². The standard InChI is InChI=1S/C2H2O4.3C2H4O2/c3-1(4)2(5)6;3*1-2(3)4/h(H,3,4)(H,5,6);3*1H3,(H,3,4). The molecule has 0 aromatic carbocycles. The predicted molar refractivity (Wildman–Crippen MR) is 55.2 cm³/mol. The van der Waals surface area contributed by atoms with Crippen molar-refractivity contribution < 1.29 is 49.5 Å². The summed E-state index contributed by atoms with van der Waals surface area (Å²) in [5.74, 6) is -6.15. The fourth-order valence-corrected chi connectivity index (χ4v) is 0. The van der Waals surface area contributed by atoms with Crippen LogP contribution in [0.15, 0.2) is 0 Å². The van der Waals surface area contributed by atoms with Crippen molar-refractivity contribution in [2.75, 3.05) is 0 Å². The van der Waals surface area contributed by atoms with E-state index in [1.165, 1.54) is 0 Å². The molecular weight excluding hydrogens is 256 g/mol. The largest absolute Gasteiger partial charge is 0.481 e. The molecule has 0 aliphatic heterocycles. The molecule has 0 aliphatic carbocycles. The molecule has 10 nitrogen and oxygen atoms in total. The number of rotatable bonds is 0. The lowest BCUT2D eigenvalue weighted by Gasteiger charge is -1.72. The number of carboxylic acid groups (broad SMARTS) is 5. The molecule has 0 radical (unpaired) electrons. The van der Waals surface area contributed by atoms with Crippen molar-refractivity contribution in [1.82, 2.24) is 0 Å². The third kappa shape index (κ3) is 1120. The Morgan fingerprint density at radius 2 is 0.556 bits per heavy atom. The highest BCUT2D eigenvalue weighted by molar-refractivity contribution is 6.27. The summed E-state index contributed by atoms with van der Waals surface area (Å²) in [6.45, 7) is 3.25. The van der Waals surface area contributed by atoms with Crippen LogP contribution in [0.2, 0.25) is 0 Å². The Balaban J connectivity index is -0.0000000742. The lowest BCUT2D eigenvalue weighted by Crippen LogP contribution is -2.09. The zero-order chi connectivity index (χ0) is 15.9. The molecule has 0 fully saturated rings. The molecule has 0 saturated carbocycles. The van der Waals surface area contributed by atoms with Gasteiger partial charge in [0.25, 0.3) is 17.9 Å². The number of carbonyl (C=O) groups is 5. The second-order valence-corrected chi connectivity index (χ2v) is 2.17. The Hall–Kier alpha value is -2.65. The zero-order valence-electron chi connectivity index (χ0n) is 9.78. The maximum absolute atomic E-state index is 9.10. The van der Waals surface area contributed by atoms with E-state index in [0.717, 1.165) is 20.8 Å². The van der Waals surface area contributed by atoms with Gasteiger partial charge in [0.05, 0.1) is 0 Å². The van der Waals surface area contributed by atoms with Gasteiger partial charge in [-0.15, -0.1) is 0 Å². The van der Waals surface area contributed by atoms with E-state index >= 15 is 0 Å². The van der Waals surface area contributed by atoms with Crippen LogP contribution in [-0.2, 0) is 24.0 Å². The van der Waals surface area contributed by atoms with E-state index in [-0.39, 0.29) is 0 Å². The summed E-state index contributed by atoms with van der Waals surface area (Å²) in [6.07, 6.45) is 0. The number of hydrogen-bond donors (Lipinski definition) is 5. The van der Waals surface area contributed by atoms with E-state index in [0.29, 0.717) is 0 Å². The minimum atomic E-state index is -1.82. The molecule has 10 heteroatoms. The van der Waals surface area contributed by atoms with Crippen LogP contribution >= 0.6 is 0 Å². The number of aliphatic carboxylic acids is 5. The summed E-state index contributed by atoms with van der Waals surface area (Å²) < 4.78 is 0. The first-order valence-electron chi connectivity index (χ1n) is 3.89. The van der Waals surface area contributed by atoms with Crippen molar-refractivity contribution in [1.29, 1.82) is 0 Å². The van der Waals surface area contributed by atoms with Crippen LogP contribution in [-0.4, -0.2) is 55.4 Å². The number of hydrogen-bond acceptors (Lipinski definition) is 5. The lowest BCUT2D eigenvalue weighted by molar-refractivity contribution is -0.159. The Morgan fingerprint density at radius 1 is 0.500 bits per heavy atom. The molecule has 18 heavy (non-hydrogen) atoms. The summed E-state index contributed by atoms with van der Waals surface area (Å²) in [4.78, 5) is 45.2. The van der Waals surface area contributed by atoms with Crippen LogP contribution < -0.4 is 0 Å². The van der Waals surface area contributed by atoms with Crippen molar-refractivity contribution in [2.45, 2.75) is 20.8 Å². The zero-order valence-corrected chi connectivity index (χ0v) is 9.78. The smallest absolute Gasteiger partial charge is 0.414 e. The van der Waals surface area contributed by atoms with Gasteiger partial charge in [-0.2, -0.15) is 0 Å². The van der Waals surface area contributed by atoms with Gasteiger partial charge in [-0.3, -0.25) is 14.4 Å². The van der Waals surface area contributed by atoms with Crippen LogP contribution in [0.25, 0.3) is 0 Å². The van der Waals surface area contributed by atoms with Crippen molar-refractivity contribution in [2.24, 2.45) is 0 Å². The summed E-state index contributed by atoms with van der Waals surface area (Å²) in [7, 11) is 0. The average molecular weight is 270 g/mol. The normalized spacial score (nSPS) is 6.61. The van der Waals surface area contributed by atoms with E-state index in [4.69, 9.17) is 49.5 Å². The quantitative estimate of drug-likeness (QED) is 0.356. The van der Waals surface area contributed by atoms with Gasteiger partial charge in [-0.05, 0) is 0 Å². The molecule has 0 aromatic rings. The molecule has 0 bridgehead atoms. The molecule has 0 spiro atoms. The van der Waals surface area contributed by atoms with Crippen molar-refractivity contribution in [3.05, 3.63) is 0 Å². The Bertz CT molecular complexity index is 240. The molecule has 0 heterocycles. The van der Waals surface area contributed by atoms with Crippen LogP contribution in [0.5, 0.6) is 0 Å². The summed E-state index contributed by atoms with van der Waals surface area (Å²) in [5.41, 5.74) is 0. The first-order chi connectivity index (χ1) is 7.84. The molecule has 0 amide bonds. The predicted octanol–water partition coefficient (Wildman–Crippen LogP) is -0.572. The number of carboxylic acids is 5. The van der Waals surface area contributed by atoms with E-state index in [9.17, 15) is 0 Å². The van der Waals surface area contributed by atoms with E-state index in [1.54, 1.807) is 0 Å². The van der Waals surface area contributed by atoms with Crippen molar-refractivity contribution in [3.63, 3.8) is 0 Å².